The minimum atomic E-state index is 0.127. The van der Waals surface area contributed by atoms with Crippen LogP contribution in [0, 0.1) is 20.8 Å². The van der Waals surface area contributed by atoms with Gasteiger partial charge in [-0.25, -0.2) is 0 Å². The van der Waals surface area contributed by atoms with Crippen molar-refractivity contribution in [1.29, 1.82) is 0 Å². The molecule has 0 unspecified atom stereocenters. The minimum Gasteiger partial charge on any atom is -0.467 e. The molecule has 0 N–H and O–H groups in total. The number of hydrogen-bond donors (Lipinski definition) is 0. The Morgan fingerprint density at radius 3 is 2.46 bits per heavy atom. The summed E-state index contributed by atoms with van der Waals surface area (Å²) in [6.07, 6.45) is 1.68. The molecule has 1 amide bonds. The molecule has 1 aliphatic heterocycles. The lowest BCUT2D eigenvalue weighted by molar-refractivity contribution is 0.0746. The summed E-state index contributed by atoms with van der Waals surface area (Å²) in [7, 11) is 0. The van der Waals surface area contributed by atoms with E-state index in [1.54, 1.807) is 6.26 Å². The summed E-state index contributed by atoms with van der Waals surface area (Å²) in [6, 6.07) is 14.4. The summed E-state index contributed by atoms with van der Waals surface area (Å²) in [5.41, 5.74) is 5.38. The first-order valence-corrected chi connectivity index (χ1v) is 9.83. The molecule has 4 rings (SSSR count). The number of amides is 1. The van der Waals surface area contributed by atoms with Gasteiger partial charge in [0.1, 0.15) is 5.76 Å². The zero-order valence-corrected chi connectivity index (χ0v) is 16.8. The predicted molar refractivity (Wildman–Crippen MR) is 111 cm³/mol. The van der Waals surface area contributed by atoms with Crippen LogP contribution in [0.4, 0.5) is 5.69 Å². The average Bonchev–Trinajstić information content (AvgIpc) is 3.31. The molecule has 0 saturated carbocycles. The molecule has 0 radical (unpaired) electrons. The van der Waals surface area contributed by atoms with Gasteiger partial charge in [0.2, 0.25) is 0 Å². The smallest absolute Gasteiger partial charge is 0.255 e. The van der Waals surface area contributed by atoms with Gasteiger partial charge < -0.3 is 18.8 Å². The van der Waals surface area contributed by atoms with Crippen LogP contribution < -0.4 is 4.90 Å². The minimum absolute atomic E-state index is 0.127. The van der Waals surface area contributed by atoms with Crippen molar-refractivity contribution in [2.24, 2.45) is 0 Å². The molecule has 1 fully saturated rings. The van der Waals surface area contributed by atoms with Crippen molar-refractivity contribution in [2.75, 3.05) is 31.1 Å². The number of benzene rings is 1. The van der Waals surface area contributed by atoms with Crippen molar-refractivity contribution in [1.82, 2.24) is 9.47 Å². The number of carbonyl (C=O) groups is 1. The molecule has 0 bridgehead atoms. The predicted octanol–water partition coefficient (Wildman–Crippen LogP) is 4.02. The molecule has 28 heavy (non-hydrogen) atoms. The normalized spacial score (nSPS) is 14.5. The summed E-state index contributed by atoms with van der Waals surface area (Å²) >= 11 is 0. The molecule has 3 aromatic rings. The molecule has 146 valence electrons. The Labute approximate surface area is 166 Å². The molecule has 2 aromatic heterocycles. The summed E-state index contributed by atoms with van der Waals surface area (Å²) in [4.78, 5) is 17.5. The zero-order valence-electron chi connectivity index (χ0n) is 16.8. The van der Waals surface area contributed by atoms with Crippen molar-refractivity contribution in [3.8, 4) is 0 Å². The molecule has 0 spiro atoms. The second-order valence-corrected chi connectivity index (χ2v) is 7.57. The maximum atomic E-state index is 13.2. The summed E-state index contributed by atoms with van der Waals surface area (Å²) in [5, 5.41) is 0. The second-order valence-electron chi connectivity index (χ2n) is 7.57. The third-order valence-electron chi connectivity index (χ3n) is 5.63. The van der Waals surface area contributed by atoms with Gasteiger partial charge in [0.05, 0.1) is 18.4 Å². The fourth-order valence-corrected chi connectivity index (χ4v) is 3.98. The van der Waals surface area contributed by atoms with Gasteiger partial charge >= 0.3 is 0 Å². The van der Waals surface area contributed by atoms with Gasteiger partial charge in [-0.2, -0.15) is 0 Å². The number of nitrogens with zero attached hydrogens (tertiary/aromatic N) is 3. The SMILES string of the molecule is Cc1cccc(N2CCN(C(=O)c3cc(C)n(Cc4ccco4)c3C)CC2)c1. The summed E-state index contributed by atoms with van der Waals surface area (Å²) in [5.74, 6) is 1.02. The van der Waals surface area contributed by atoms with Crippen molar-refractivity contribution in [3.63, 3.8) is 0 Å². The molecular formula is C23H27N3O2. The van der Waals surface area contributed by atoms with Gasteiger partial charge in [-0.3, -0.25) is 4.79 Å². The monoisotopic (exact) mass is 377 g/mol. The number of aryl methyl sites for hydroxylation is 2. The second kappa shape index (κ2) is 7.58. The highest BCUT2D eigenvalue weighted by Gasteiger charge is 2.25. The van der Waals surface area contributed by atoms with Gasteiger partial charge in [0.15, 0.2) is 0 Å². The van der Waals surface area contributed by atoms with Crippen molar-refractivity contribution < 1.29 is 9.21 Å². The number of aromatic nitrogens is 1. The first kappa shape index (κ1) is 18.4. The number of furan rings is 1. The Bertz CT molecular complexity index is 964. The van der Waals surface area contributed by atoms with Gasteiger partial charge in [-0.05, 0) is 56.7 Å². The average molecular weight is 377 g/mol. The molecule has 1 aromatic carbocycles. The Hall–Kier alpha value is -2.95. The largest absolute Gasteiger partial charge is 0.467 e. The van der Waals surface area contributed by atoms with Gasteiger partial charge in [-0.1, -0.05) is 12.1 Å². The van der Waals surface area contributed by atoms with E-state index >= 15 is 0 Å². The first-order chi connectivity index (χ1) is 13.5. The maximum absolute atomic E-state index is 13.2. The first-order valence-electron chi connectivity index (χ1n) is 9.83. The molecule has 5 nitrogen and oxygen atoms in total. The molecular weight excluding hydrogens is 350 g/mol. The Kier molecular flexibility index (Phi) is 4.99. The molecule has 5 heteroatoms. The van der Waals surface area contributed by atoms with E-state index in [4.69, 9.17) is 4.42 Å². The van der Waals surface area contributed by atoms with Crippen LogP contribution in [0.15, 0.2) is 53.1 Å². The van der Waals surface area contributed by atoms with Crippen LogP contribution in [0.5, 0.6) is 0 Å². The van der Waals surface area contributed by atoms with Crippen LogP contribution in [0.25, 0.3) is 0 Å². The number of carbonyl (C=O) groups excluding carboxylic acids is 1. The topological polar surface area (TPSA) is 41.6 Å². The number of rotatable bonds is 4. The molecule has 1 saturated heterocycles. The highest BCUT2D eigenvalue weighted by atomic mass is 16.3. The standard InChI is InChI=1S/C23H27N3O2/c1-17-6-4-7-20(14-17)24-9-11-25(12-10-24)23(27)22-15-18(2)26(19(22)3)16-21-8-5-13-28-21/h4-8,13-15H,9-12,16H2,1-3H3. The molecule has 1 aliphatic rings. The van der Waals surface area contributed by atoms with Crippen LogP contribution in [-0.4, -0.2) is 41.6 Å². The molecule has 0 aliphatic carbocycles. The van der Waals surface area contributed by atoms with Gasteiger partial charge in [0, 0.05) is 43.3 Å². The van der Waals surface area contributed by atoms with Gasteiger partial charge in [-0.15, -0.1) is 0 Å². The van der Waals surface area contributed by atoms with E-state index in [0.29, 0.717) is 6.54 Å². The van der Waals surface area contributed by atoms with Crippen LogP contribution in [0.3, 0.4) is 0 Å². The van der Waals surface area contributed by atoms with E-state index in [2.05, 4.69) is 40.7 Å². The van der Waals surface area contributed by atoms with Crippen molar-refractivity contribution in [3.05, 3.63) is 77.0 Å². The van der Waals surface area contributed by atoms with Crippen LogP contribution in [0.2, 0.25) is 0 Å². The third-order valence-corrected chi connectivity index (χ3v) is 5.63. The lowest BCUT2D eigenvalue weighted by Gasteiger charge is -2.36. The summed E-state index contributed by atoms with van der Waals surface area (Å²) in [6.45, 7) is 10.0. The molecule has 3 heterocycles. The maximum Gasteiger partial charge on any atom is 0.255 e. The zero-order chi connectivity index (χ0) is 19.7. The quantitative estimate of drug-likeness (QED) is 0.690. The van der Waals surface area contributed by atoms with Crippen LogP contribution in [-0.2, 0) is 6.54 Å². The highest BCUT2D eigenvalue weighted by molar-refractivity contribution is 5.96. The Morgan fingerprint density at radius 2 is 1.79 bits per heavy atom. The van der Waals surface area contributed by atoms with E-state index in [-0.39, 0.29) is 5.91 Å². The lowest BCUT2D eigenvalue weighted by atomic mass is 10.1. The Morgan fingerprint density at radius 1 is 1.00 bits per heavy atom. The van der Waals surface area contributed by atoms with E-state index in [9.17, 15) is 4.79 Å². The highest BCUT2D eigenvalue weighted by Crippen LogP contribution is 2.22. The van der Waals surface area contributed by atoms with E-state index in [0.717, 1.165) is 48.9 Å². The fraction of sp³-hybridized carbons (Fsp3) is 0.348. The number of piperazine rings is 1. The van der Waals surface area contributed by atoms with Crippen LogP contribution >= 0.6 is 0 Å². The summed E-state index contributed by atoms with van der Waals surface area (Å²) < 4.78 is 7.62. The number of anilines is 1. The molecule has 0 atom stereocenters. The van der Waals surface area contributed by atoms with E-state index < -0.39 is 0 Å². The number of hydrogen-bond acceptors (Lipinski definition) is 3. The van der Waals surface area contributed by atoms with E-state index in [1.165, 1.54) is 11.3 Å². The fourth-order valence-electron chi connectivity index (χ4n) is 3.98. The van der Waals surface area contributed by atoms with E-state index in [1.807, 2.05) is 36.9 Å². The third kappa shape index (κ3) is 3.57. The van der Waals surface area contributed by atoms with Crippen molar-refractivity contribution >= 4 is 11.6 Å². The van der Waals surface area contributed by atoms with Crippen LogP contribution in [0.1, 0.15) is 33.1 Å². The Balaban J connectivity index is 1.45. The van der Waals surface area contributed by atoms with Gasteiger partial charge in [0.25, 0.3) is 5.91 Å². The van der Waals surface area contributed by atoms with Crippen molar-refractivity contribution in [2.45, 2.75) is 27.3 Å². The lowest BCUT2D eigenvalue weighted by Crippen LogP contribution is -2.48.